The van der Waals surface area contributed by atoms with Gasteiger partial charge < -0.3 is 18.3 Å². The van der Waals surface area contributed by atoms with Gasteiger partial charge in [-0.25, -0.2) is 9.97 Å². The second-order valence-corrected chi connectivity index (χ2v) is 20.4. The second-order valence-electron chi connectivity index (χ2n) is 20.4. The minimum atomic E-state index is -0.585. The molecule has 0 saturated heterocycles. The summed E-state index contributed by atoms with van der Waals surface area (Å²) in [6, 6.07) is 58.5. The monoisotopic (exact) mass is 1220 g/mol. The number of hydrogen-bond donors (Lipinski definition) is 0. The molecule has 0 aliphatic carbocycles. The summed E-state index contributed by atoms with van der Waals surface area (Å²) in [6.45, 7) is 6.51. The molecule has 9 heteroatoms. The van der Waals surface area contributed by atoms with Crippen molar-refractivity contribution in [2.45, 2.75) is 26.2 Å². The third kappa shape index (κ3) is 8.05. The summed E-state index contributed by atoms with van der Waals surface area (Å²) in [5, 5.41) is 2.20. The number of fused-ring (bicyclic) bond motifs is 10. The van der Waals surface area contributed by atoms with Crippen LogP contribution in [-0.2, 0) is 26.5 Å². The van der Waals surface area contributed by atoms with Crippen molar-refractivity contribution in [2.24, 2.45) is 0 Å². The number of benzene rings is 10. The van der Waals surface area contributed by atoms with Gasteiger partial charge in [-0.3, -0.25) is 9.13 Å². The van der Waals surface area contributed by atoms with Crippen LogP contribution in [0.1, 0.15) is 40.0 Å². The van der Waals surface area contributed by atoms with Crippen LogP contribution in [0.2, 0.25) is 0 Å². The molecule has 0 amide bonds. The molecule has 8 nitrogen and oxygen atoms in total. The maximum Gasteiger partial charge on any atom is 0.268 e. The van der Waals surface area contributed by atoms with Crippen LogP contribution in [0.3, 0.4) is 0 Å². The molecule has 0 saturated carbocycles. The first-order chi connectivity index (χ1) is 43.0. The van der Waals surface area contributed by atoms with Crippen LogP contribution in [0, 0.1) is 18.5 Å². The van der Waals surface area contributed by atoms with E-state index >= 15 is 0 Å². The van der Waals surface area contributed by atoms with Crippen molar-refractivity contribution in [3.63, 3.8) is 0 Å². The zero-order valence-electron chi connectivity index (χ0n) is 53.2. The van der Waals surface area contributed by atoms with Crippen LogP contribution < -0.4 is 9.30 Å². The van der Waals surface area contributed by atoms with Crippen LogP contribution in [0.15, 0.2) is 243 Å². The van der Waals surface area contributed by atoms with Crippen molar-refractivity contribution in [3.8, 4) is 67.8 Å². The molecule has 0 N–H and O–H groups in total. The molecule has 0 aliphatic rings. The van der Waals surface area contributed by atoms with Crippen LogP contribution in [0.4, 0.5) is 0 Å². The number of imidazole rings is 3. The number of para-hydroxylation sites is 3. The third-order valence-electron chi connectivity index (χ3n) is 14.6. The fraction of sp³-hybridized carbons (Fsp3) is 0.0563. The molecule has 0 bridgehead atoms. The summed E-state index contributed by atoms with van der Waals surface area (Å²) in [5.41, 5.74) is 10.5. The van der Waals surface area contributed by atoms with Gasteiger partial charge in [-0.1, -0.05) is 178 Å². The first kappa shape index (κ1) is 38.9. The van der Waals surface area contributed by atoms with E-state index in [0.717, 1.165) is 60.7 Å². The maximum absolute atomic E-state index is 9.20. The number of ether oxygens (including phenoxy) is 1. The van der Waals surface area contributed by atoms with Crippen LogP contribution in [-0.4, -0.2) is 28.1 Å². The van der Waals surface area contributed by atoms with Crippen molar-refractivity contribution < 1.29 is 44.1 Å². The zero-order valence-corrected chi connectivity index (χ0v) is 45.4. The van der Waals surface area contributed by atoms with Crippen LogP contribution in [0.5, 0.6) is 11.5 Å². The predicted molar refractivity (Wildman–Crippen MR) is 318 cm³/mol. The fourth-order valence-corrected chi connectivity index (χ4v) is 11.0. The van der Waals surface area contributed by atoms with E-state index < -0.39 is 60.4 Å². The largest absolute Gasteiger partial charge is 0.510 e. The molecule has 386 valence electrons. The molecule has 0 fully saturated rings. The van der Waals surface area contributed by atoms with Gasteiger partial charge in [-0.05, 0) is 110 Å². The van der Waals surface area contributed by atoms with Gasteiger partial charge in [0.2, 0.25) is 5.78 Å². The maximum atomic E-state index is 9.20. The molecule has 10 aromatic carbocycles. The number of nitrogens with zero attached hydrogens (tertiary/aromatic N) is 7. The average molecular weight is 1220 g/mol. The first-order valence-corrected chi connectivity index (χ1v) is 25.8. The Morgan fingerprint density at radius 1 is 0.550 bits per heavy atom. The molecular weight excluding hydrogens is 1160 g/mol. The van der Waals surface area contributed by atoms with E-state index in [0.29, 0.717) is 45.3 Å². The number of hydrogen-bond acceptors (Lipinski definition) is 3. The van der Waals surface area contributed by atoms with E-state index in [2.05, 4.69) is 103 Å². The Balaban J connectivity index is 0.00000707. The second kappa shape index (κ2) is 19.4. The van der Waals surface area contributed by atoms with E-state index in [4.69, 9.17) is 22.9 Å². The van der Waals surface area contributed by atoms with Crippen LogP contribution >= 0.6 is 0 Å². The van der Waals surface area contributed by atoms with Gasteiger partial charge in [0, 0.05) is 55.2 Å². The van der Waals surface area contributed by atoms with Gasteiger partial charge in [0.15, 0.2) is 0 Å². The SMILES string of the molecule is [2H]c1c([2H])c([2H])c(-c2cccc(-c3c([2H])c([2H])c([2H])c([2H])c3[2H])c2-[n+]2[c-]n(-c3[c-]c(Oc4[c-]c5c(cc4)n4c6ccc7c8ccccc8n(-c8ccccc8)c7c6nc4n5-c4cc(C(C)(C)C)ccn4)ccc3)c3cc(-c4ccccc4)ccc32)c([2H])c1[2H].[Pt]. The van der Waals surface area contributed by atoms with Gasteiger partial charge in [-0.2, -0.15) is 12.1 Å². The van der Waals surface area contributed by atoms with E-state index in [9.17, 15) is 5.48 Å². The van der Waals surface area contributed by atoms with Crippen molar-refractivity contribution in [1.29, 1.82) is 0 Å². The summed E-state index contributed by atoms with van der Waals surface area (Å²) in [5.74, 6) is 1.97. The normalized spacial score (nSPS) is 13.6. The van der Waals surface area contributed by atoms with E-state index in [-0.39, 0.29) is 54.4 Å². The van der Waals surface area contributed by atoms with Gasteiger partial charge in [0.05, 0.1) is 47.0 Å². The Kier molecular flexibility index (Phi) is 9.41. The predicted octanol–water partition coefficient (Wildman–Crippen LogP) is 16.6. The van der Waals surface area contributed by atoms with Gasteiger partial charge in [-0.15, -0.1) is 30.3 Å². The van der Waals surface area contributed by atoms with Gasteiger partial charge in [0.25, 0.3) is 6.33 Å². The third-order valence-corrected chi connectivity index (χ3v) is 14.6. The molecule has 5 heterocycles. The minimum Gasteiger partial charge on any atom is -0.510 e. The summed E-state index contributed by atoms with van der Waals surface area (Å²) >= 11 is 0. The topological polar surface area (TPSA) is 58.1 Å². The summed E-state index contributed by atoms with van der Waals surface area (Å²) in [6.07, 6.45) is 5.33. The Morgan fingerprint density at radius 2 is 1.24 bits per heavy atom. The fourth-order valence-electron chi connectivity index (χ4n) is 11.0. The van der Waals surface area contributed by atoms with Crippen molar-refractivity contribution >= 4 is 60.7 Å². The molecule has 0 spiro atoms. The van der Waals surface area contributed by atoms with E-state index in [1.165, 1.54) is 0 Å². The molecule has 15 aromatic rings. The molecule has 5 aromatic heterocycles. The number of aromatic nitrogens is 7. The molecule has 0 aliphatic heterocycles. The Labute approximate surface area is 491 Å². The smallest absolute Gasteiger partial charge is 0.268 e. The van der Waals surface area contributed by atoms with E-state index in [1.807, 2.05) is 108 Å². The standard InChI is InChI=1S/C71H49N7O.Pt/c1-71(2,3)51-40-41-72-66(43-51)78-65-45-55(35-38-62(65)77-63-39-36-59-58-30-16-17-33-60(58)76(52-26-14-7-15-27-52)69(59)67(63)73-70(77)78)79-54-29-18-28-53(44-54)74-46-75(61-37-34-50(42-64(61)74)47-20-8-4-9-21-47)68-56(48-22-10-5-11-23-48)31-19-32-57(68)49-24-12-6-13-25-49;/h4-43H,1-3H3;/q-2;/i5D,6D,10D,11D,12D,13D,22D,23D,24D,25D;. The first-order valence-electron chi connectivity index (χ1n) is 30.8. The molecule has 15 rings (SSSR count). The quantitative estimate of drug-likeness (QED) is 0.107. The molecule has 80 heavy (non-hydrogen) atoms. The molecule has 0 atom stereocenters. The molecule has 0 radical (unpaired) electrons. The van der Waals surface area contributed by atoms with Crippen molar-refractivity contribution in [3.05, 3.63) is 267 Å². The Bertz CT molecular complexity index is 5340. The van der Waals surface area contributed by atoms with Crippen molar-refractivity contribution in [1.82, 2.24) is 28.1 Å². The Morgan fingerprint density at radius 3 is 1.99 bits per heavy atom. The molecule has 0 unspecified atom stereocenters. The van der Waals surface area contributed by atoms with Gasteiger partial charge in [0.1, 0.15) is 11.3 Å². The summed E-state index contributed by atoms with van der Waals surface area (Å²) in [7, 11) is 0. The number of pyridine rings is 1. The Hall–Kier alpha value is -9.62. The summed E-state index contributed by atoms with van der Waals surface area (Å²) < 4.78 is 105. The van der Waals surface area contributed by atoms with E-state index in [1.54, 1.807) is 33.4 Å². The van der Waals surface area contributed by atoms with Crippen molar-refractivity contribution in [2.75, 3.05) is 0 Å². The van der Waals surface area contributed by atoms with Gasteiger partial charge >= 0.3 is 0 Å². The van der Waals surface area contributed by atoms with Crippen LogP contribution in [0.25, 0.3) is 117 Å². The summed E-state index contributed by atoms with van der Waals surface area (Å²) in [4.78, 5) is 10.5. The molecular formula is C71H49N7OPt-2. The number of rotatable bonds is 9. The average Bonchev–Trinajstić information content (AvgIpc) is 1.50. The minimum absolute atomic E-state index is 0. The zero-order chi connectivity index (χ0) is 61.5.